The fraction of sp³-hybridized carbons (Fsp3) is 0.600. The van der Waals surface area contributed by atoms with E-state index in [4.69, 9.17) is 16.0 Å². The van der Waals surface area contributed by atoms with Crippen molar-refractivity contribution in [2.24, 2.45) is 5.92 Å². The Kier molecular flexibility index (Phi) is 2.61. The van der Waals surface area contributed by atoms with Crippen molar-refractivity contribution in [2.75, 3.05) is 0 Å². The molecule has 1 aromatic heterocycles. The highest BCUT2D eigenvalue weighted by molar-refractivity contribution is 6.28. The van der Waals surface area contributed by atoms with Gasteiger partial charge in [-0.15, -0.1) is 0 Å². The fourth-order valence-corrected chi connectivity index (χ4v) is 1.63. The summed E-state index contributed by atoms with van der Waals surface area (Å²) in [5.74, 6) is 1.79. The van der Waals surface area contributed by atoms with Crippen LogP contribution >= 0.6 is 11.6 Å². The first kappa shape index (κ1) is 9.10. The number of nitrogens with one attached hydrogen (secondary N) is 1. The molecule has 1 aliphatic carbocycles. The molecule has 1 aromatic rings. The van der Waals surface area contributed by atoms with Crippen molar-refractivity contribution >= 4 is 11.6 Å². The minimum Gasteiger partial charge on any atom is -0.448 e. The van der Waals surface area contributed by atoms with Crippen molar-refractivity contribution in [3.63, 3.8) is 0 Å². The molecule has 0 saturated heterocycles. The van der Waals surface area contributed by atoms with Crippen LogP contribution in [0.25, 0.3) is 0 Å². The summed E-state index contributed by atoms with van der Waals surface area (Å²) in [6.45, 7) is 3.01. The van der Waals surface area contributed by atoms with Crippen LogP contribution in [0.4, 0.5) is 0 Å². The Labute approximate surface area is 83.3 Å². The van der Waals surface area contributed by atoms with Crippen LogP contribution < -0.4 is 5.32 Å². The van der Waals surface area contributed by atoms with Gasteiger partial charge in [-0.05, 0) is 49.4 Å². The third-order valence-corrected chi connectivity index (χ3v) is 2.76. The first-order chi connectivity index (χ1) is 6.25. The molecule has 0 aromatic carbocycles. The smallest absolute Gasteiger partial charge is 0.193 e. The summed E-state index contributed by atoms with van der Waals surface area (Å²) >= 11 is 5.66. The molecule has 1 saturated carbocycles. The van der Waals surface area contributed by atoms with E-state index in [2.05, 4.69) is 12.2 Å². The van der Waals surface area contributed by atoms with Gasteiger partial charge in [0.05, 0.1) is 6.54 Å². The lowest BCUT2D eigenvalue weighted by molar-refractivity contribution is 0.436. The Bertz CT molecular complexity index is 280. The summed E-state index contributed by atoms with van der Waals surface area (Å²) < 4.78 is 5.24. The Balaban J connectivity index is 1.78. The molecule has 1 fully saturated rings. The van der Waals surface area contributed by atoms with Crippen molar-refractivity contribution in [3.05, 3.63) is 23.1 Å². The van der Waals surface area contributed by atoms with Crippen LogP contribution in [0.5, 0.6) is 0 Å². The van der Waals surface area contributed by atoms with Crippen molar-refractivity contribution in [2.45, 2.75) is 32.4 Å². The van der Waals surface area contributed by atoms with Gasteiger partial charge in [-0.3, -0.25) is 0 Å². The summed E-state index contributed by atoms with van der Waals surface area (Å²) in [7, 11) is 0. The maximum Gasteiger partial charge on any atom is 0.193 e. The number of hydrogen-bond donors (Lipinski definition) is 1. The Morgan fingerprint density at radius 2 is 2.38 bits per heavy atom. The van der Waals surface area contributed by atoms with Gasteiger partial charge in [0, 0.05) is 6.04 Å². The zero-order valence-electron chi connectivity index (χ0n) is 7.72. The van der Waals surface area contributed by atoms with Crippen LogP contribution in [-0.2, 0) is 6.54 Å². The lowest BCUT2D eigenvalue weighted by Gasteiger charge is -2.10. The summed E-state index contributed by atoms with van der Waals surface area (Å²) in [5, 5.41) is 3.89. The predicted octanol–water partition coefficient (Wildman–Crippen LogP) is 2.82. The zero-order valence-corrected chi connectivity index (χ0v) is 8.47. The van der Waals surface area contributed by atoms with Gasteiger partial charge in [-0.1, -0.05) is 0 Å². The lowest BCUT2D eigenvalue weighted by atomic mass is 10.2. The topological polar surface area (TPSA) is 25.2 Å². The van der Waals surface area contributed by atoms with Gasteiger partial charge in [-0.25, -0.2) is 0 Å². The number of furan rings is 1. The summed E-state index contributed by atoms with van der Waals surface area (Å²) in [6, 6.07) is 4.29. The van der Waals surface area contributed by atoms with Crippen LogP contribution in [0.1, 0.15) is 25.5 Å². The highest BCUT2D eigenvalue weighted by atomic mass is 35.5. The average Bonchev–Trinajstić information content (AvgIpc) is 2.87. The van der Waals surface area contributed by atoms with Crippen molar-refractivity contribution in [1.82, 2.24) is 5.32 Å². The van der Waals surface area contributed by atoms with Gasteiger partial charge < -0.3 is 9.73 Å². The summed E-state index contributed by atoms with van der Waals surface area (Å²) in [5.41, 5.74) is 0. The second kappa shape index (κ2) is 3.72. The minimum absolute atomic E-state index is 0.468. The Morgan fingerprint density at radius 1 is 1.62 bits per heavy atom. The van der Waals surface area contributed by atoms with Crippen LogP contribution in [0.3, 0.4) is 0 Å². The molecular formula is C10H14ClNO. The summed E-state index contributed by atoms with van der Waals surface area (Å²) in [4.78, 5) is 0. The molecule has 13 heavy (non-hydrogen) atoms. The van der Waals surface area contributed by atoms with Crippen LogP contribution in [0.15, 0.2) is 16.5 Å². The molecule has 0 aliphatic heterocycles. The van der Waals surface area contributed by atoms with Gasteiger partial charge in [0.1, 0.15) is 5.76 Å². The van der Waals surface area contributed by atoms with E-state index in [1.807, 2.05) is 6.07 Å². The summed E-state index contributed by atoms with van der Waals surface area (Å²) in [6.07, 6.45) is 2.74. The van der Waals surface area contributed by atoms with Crippen molar-refractivity contribution in [1.29, 1.82) is 0 Å². The molecule has 0 spiro atoms. The molecule has 0 amide bonds. The first-order valence-electron chi connectivity index (χ1n) is 4.73. The lowest BCUT2D eigenvalue weighted by Crippen LogP contribution is -2.26. The largest absolute Gasteiger partial charge is 0.448 e. The standard InChI is InChI=1S/C10H14ClNO/c1-7(8-2-3-8)12-6-9-4-5-10(11)13-9/h4-5,7-8,12H,2-3,6H2,1H3. The zero-order chi connectivity index (χ0) is 9.26. The second-order valence-electron chi connectivity index (χ2n) is 3.71. The van der Waals surface area contributed by atoms with E-state index in [1.165, 1.54) is 12.8 Å². The van der Waals surface area contributed by atoms with E-state index in [-0.39, 0.29) is 0 Å². The first-order valence-corrected chi connectivity index (χ1v) is 5.11. The van der Waals surface area contributed by atoms with Crippen LogP contribution in [0, 0.1) is 5.92 Å². The molecule has 72 valence electrons. The molecule has 2 rings (SSSR count). The number of rotatable bonds is 4. The fourth-order valence-electron chi connectivity index (χ4n) is 1.47. The molecule has 1 atom stereocenters. The van der Waals surface area contributed by atoms with Gasteiger partial charge >= 0.3 is 0 Å². The maximum absolute atomic E-state index is 5.66. The van der Waals surface area contributed by atoms with Gasteiger partial charge in [-0.2, -0.15) is 0 Å². The van der Waals surface area contributed by atoms with Gasteiger partial charge in [0.15, 0.2) is 5.22 Å². The second-order valence-corrected chi connectivity index (χ2v) is 4.09. The third-order valence-electron chi connectivity index (χ3n) is 2.56. The molecule has 2 nitrogen and oxygen atoms in total. The highest BCUT2D eigenvalue weighted by Crippen LogP contribution is 2.32. The molecular weight excluding hydrogens is 186 g/mol. The third kappa shape index (κ3) is 2.48. The molecule has 1 N–H and O–H groups in total. The van der Waals surface area contributed by atoms with E-state index in [0.29, 0.717) is 11.3 Å². The number of halogens is 1. The normalized spacial score (nSPS) is 18.9. The van der Waals surface area contributed by atoms with E-state index >= 15 is 0 Å². The predicted molar refractivity (Wildman–Crippen MR) is 52.7 cm³/mol. The van der Waals surface area contributed by atoms with Crippen LogP contribution in [0.2, 0.25) is 5.22 Å². The van der Waals surface area contributed by atoms with Gasteiger partial charge in [0.2, 0.25) is 0 Å². The van der Waals surface area contributed by atoms with E-state index < -0.39 is 0 Å². The van der Waals surface area contributed by atoms with E-state index in [1.54, 1.807) is 6.07 Å². The minimum atomic E-state index is 0.468. The van der Waals surface area contributed by atoms with Crippen LogP contribution in [-0.4, -0.2) is 6.04 Å². The molecule has 3 heteroatoms. The van der Waals surface area contributed by atoms with Crippen molar-refractivity contribution in [3.8, 4) is 0 Å². The molecule has 1 unspecified atom stereocenters. The average molecular weight is 200 g/mol. The Hall–Kier alpha value is -0.470. The highest BCUT2D eigenvalue weighted by Gasteiger charge is 2.27. The molecule has 0 bridgehead atoms. The van der Waals surface area contributed by atoms with Crippen molar-refractivity contribution < 1.29 is 4.42 Å². The molecule has 0 radical (unpaired) electrons. The number of hydrogen-bond acceptors (Lipinski definition) is 2. The Morgan fingerprint density at radius 3 is 2.92 bits per heavy atom. The SMILES string of the molecule is CC(NCc1ccc(Cl)o1)C1CC1. The molecule has 1 heterocycles. The monoisotopic (exact) mass is 199 g/mol. The van der Waals surface area contributed by atoms with Gasteiger partial charge in [0.25, 0.3) is 0 Å². The molecule has 1 aliphatic rings. The van der Waals surface area contributed by atoms with E-state index in [9.17, 15) is 0 Å². The quantitative estimate of drug-likeness (QED) is 0.807. The maximum atomic E-state index is 5.66. The van der Waals surface area contributed by atoms with E-state index in [0.717, 1.165) is 18.2 Å².